The predicted octanol–water partition coefficient (Wildman–Crippen LogP) is 1.80. The maximum absolute atomic E-state index is 13.6. The smallest absolute Gasteiger partial charge is 0.243 e. The highest BCUT2D eigenvalue weighted by atomic mass is 127. The van der Waals surface area contributed by atoms with Gasteiger partial charge in [-0.25, -0.2) is 0 Å². The van der Waals surface area contributed by atoms with Crippen LogP contribution in [0.4, 0.5) is 0 Å². The van der Waals surface area contributed by atoms with Crippen LogP contribution in [0.1, 0.15) is 29.5 Å². The minimum atomic E-state index is -1.02. The third kappa shape index (κ3) is 8.77. The van der Waals surface area contributed by atoms with E-state index >= 15 is 0 Å². The van der Waals surface area contributed by atoms with Gasteiger partial charge < -0.3 is 32.1 Å². The molecular formula is C32H36IN5O5. The van der Waals surface area contributed by atoms with Crippen molar-refractivity contribution >= 4 is 46.2 Å². The molecule has 7 N–H and O–H groups in total. The van der Waals surface area contributed by atoms with Crippen LogP contribution in [0.5, 0.6) is 5.75 Å². The average molecular weight is 698 g/mol. The molecule has 1 fully saturated rings. The topological polar surface area (TPSA) is 168 Å². The largest absolute Gasteiger partial charge is 0.508 e. The van der Waals surface area contributed by atoms with E-state index in [9.17, 15) is 24.3 Å². The molecule has 1 aliphatic heterocycles. The molecule has 0 bridgehead atoms. The summed E-state index contributed by atoms with van der Waals surface area (Å²) in [5.74, 6) is -1.95. The first-order valence-electron chi connectivity index (χ1n) is 14.1. The number of nitrogens with zero attached hydrogens (tertiary/aromatic N) is 1. The molecule has 10 nitrogen and oxygen atoms in total. The lowest BCUT2D eigenvalue weighted by atomic mass is 10.0. The Morgan fingerprint density at radius 1 is 0.860 bits per heavy atom. The van der Waals surface area contributed by atoms with Crippen LogP contribution in [0, 0.1) is 3.57 Å². The Morgan fingerprint density at radius 2 is 1.51 bits per heavy atom. The van der Waals surface area contributed by atoms with Crippen molar-refractivity contribution in [3.8, 4) is 5.75 Å². The summed E-state index contributed by atoms with van der Waals surface area (Å²) in [6, 6.07) is 19.5. The lowest BCUT2D eigenvalue weighted by Crippen LogP contribution is -2.58. The second kappa shape index (κ2) is 15.0. The fourth-order valence-electron chi connectivity index (χ4n) is 5.20. The number of aromatic hydroxyl groups is 1. The normalized spacial score (nSPS) is 16.6. The number of phenols is 1. The summed E-state index contributed by atoms with van der Waals surface area (Å²) in [5.41, 5.74) is 14.3. The third-order valence-electron chi connectivity index (χ3n) is 7.51. The van der Waals surface area contributed by atoms with E-state index in [2.05, 4.69) is 33.2 Å². The van der Waals surface area contributed by atoms with Gasteiger partial charge in [0.25, 0.3) is 0 Å². The molecule has 0 aliphatic carbocycles. The highest BCUT2D eigenvalue weighted by Gasteiger charge is 2.38. The number of hydrogen-bond acceptors (Lipinski definition) is 6. The minimum Gasteiger partial charge on any atom is -0.508 e. The lowest BCUT2D eigenvalue weighted by Gasteiger charge is -2.29. The van der Waals surface area contributed by atoms with Gasteiger partial charge in [0.1, 0.15) is 23.9 Å². The molecule has 43 heavy (non-hydrogen) atoms. The Balaban J connectivity index is 1.49. The Hall–Kier alpha value is -3.97. The van der Waals surface area contributed by atoms with Crippen LogP contribution >= 0.6 is 22.6 Å². The van der Waals surface area contributed by atoms with Crippen LogP contribution in [-0.4, -0.2) is 64.3 Å². The SMILES string of the molecule is NC(=O)[C@H](Cc1ccccc1)NC(=O)[C@H](Cc1ccccc1I)NC(=O)[C@@H]1CCCN1C(=O)[C@@H](N)Cc1ccc(O)cc1. The van der Waals surface area contributed by atoms with E-state index in [0.717, 1.165) is 20.3 Å². The summed E-state index contributed by atoms with van der Waals surface area (Å²) in [6.07, 6.45) is 1.67. The number of halogens is 1. The molecule has 0 saturated carbocycles. The van der Waals surface area contributed by atoms with Crippen molar-refractivity contribution in [1.82, 2.24) is 15.5 Å². The van der Waals surface area contributed by atoms with Crippen molar-refractivity contribution in [2.24, 2.45) is 11.5 Å². The molecule has 0 unspecified atom stereocenters. The van der Waals surface area contributed by atoms with E-state index in [0.29, 0.717) is 19.4 Å². The van der Waals surface area contributed by atoms with Crippen LogP contribution in [-0.2, 0) is 38.4 Å². The van der Waals surface area contributed by atoms with E-state index in [1.807, 2.05) is 54.6 Å². The number of amides is 4. The monoisotopic (exact) mass is 697 g/mol. The summed E-state index contributed by atoms with van der Waals surface area (Å²) < 4.78 is 0.917. The predicted molar refractivity (Wildman–Crippen MR) is 171 cm³/mol. The van der Waals surface area contributed by atoms with Crippen molar-refractivity contribution in [3.05, 3.63) is 99.1 Å². The second-order valence-electron chi connectivity index (χ2n) is 10.7. The van der Waals surface area contributed by atoms with Gasteiger partial charge in [0.15, 0.2) is 0 Å². The van der Waals surface area contributed by atoms with Crippen LogP contribution in [0.25, 0.3) is 0 Å². The van der Waals surface area contributed by atoms with Gasteiger partial charge in [-0.2, -0.15) is 0 Å². The first-order valence-corrected chi connectivity index (χ1v) is 15.2. The number of carbonyl (C=O) groups is 4. The summed E-state index contributed by atoms with van der Waals surface area (Å²) in [5, 5.41) is 15.1. The first kappa shape index (κ1) is 32.0. The Labute approximate surface area is 264 Å². The standard InChI is InChI=1S/C32H36IN5O5/c33-24-10-5-4-9-22(24)19-27(30(41)36-26(29(35)40)18-20-7-2-1-3-8-20)37-31(42)28-11-6-16-38(28)32(43)25(34)17-21-12-14-23(39)15-13-21/h1-5,7-10,12-15,25-28,39H,6,11,16-19,34H2,(H2,35,40)(H,36,41)(H,37,42)/t25-,26-,27-,28-/m0/s1. The van der Waals surface area contributed by atoms with Crippen molar-refractivity contribution in [1.29, 1.82) is 0 Å². The molecule has 4 atom stereocenters. The Bertz CT molecular complexity index is 1440. The molecule has 226 valence electrons. The Kier molecular flexibility index (Phi) is 11.1. The lowest BCUT2D eigenvalue weighted by molar-refractivity contribution is -0.140. The van der Waals surface area contributed by atoms with Crippen molar-refractivity contribution in [2.45, 2.75) is 56.3 Å². The van der Waals surface area contributed by atoms with Gasteiger partial charge in [0.2, 0.25) is 23.6 Å². The second-order valence-corrected chi connectivity index (χ2v) is 11.8. The molecule has 4 amide bonds. The van der Waals surface area contributed by atoms with Gasteiger partial charge in [0.05, 0.1) is 6.04 Å². The fourth-order valence-corrected chi connectivity index (χ4v) is 5.80. The van der Waals surface area contributed by atoms with Gasteiger partial charge >= 0.3 is 0 Å². The van der Waals surface area contributed by atoms with Crippen molar-refractivity contribution in [2.75, 3.05) is 6.54 Å². The molecule has 1 saturated heterocycles. The summed E-state index contributed by atoms with van der Waals surface area (Å²) in [6.45, 7) is 0.370. The number of hydrogen-bond donors (Lipinski definition) is 5. The molecule has 11 heteroatoms. The first-order chi connectivity index (χ1) is 20.6. The molecule has 1 heterocycles. The van der Waals surface area contributed by atoms with Gasteiger partial charge in [-0.1, -0.05) is 60.7 Å². The highest BCUT2D eigenvalue weighted by Crippen LogP contribution is 2.21. The third-order valence-corrected chi connectivity index (χ3v) is 8.56. The quantitative estimate of drug-likeness (QED) is 0.181. The van der Waals surface area contributed by atoms with E-state index in [1.54, 1.807) is 12.1 Å². The number of benzene rings is 3. The molecule has 0 spiro atoms. The number of carbonyl (C=O) groups excluding carboxylic acids is 4. The van der Waals surface area contributed by atoms with Gasteiger partial charge in [0, 0.05) is 23.0 Å². The van der Waals surface area contributed by atoms with E-state index in [4.69, 9.17) is 11.5 Å². The van der Waals surface area contributed by atoms with E-state index in [1.165, 1.54) is 17.0 Å². The number of likely N-dealkylation sites (tertiary alicyclic amines) is 1. The summed E-state index contributed by atoms with van der Waals surface area (Å²) in [7, 11) is 0. The van der Waals surface area contributed by atoms with E-state index < -0.39 is 41.9 Å². The summed E-state index contributed by atoms with van der Waals surface area (Å²) in [4.78, 5) is 54.3. The van der Waals surface area contributed by atoms with Gasteiger partial charge in [-0.3, -0.25) is 19.2 Å². The molecule has 3 aromatic carbocycles. The number of nitrogens with two attached hydrogens (primary N) is 2. The van der Waals surface area contributed by atoms with Crippen LogP contribution < -0.4 is 22.1 Å². The zero-order chi connectivity index (χ0) is 30.9. The molecule has 0 radical (unpaired) electrons. The Morgan fingerprint density at radius 3 is 2.19 bits per heavy atom. The van der Waals surface area contributed by atoms with E-state index in [-0.39, 0.29) is 30.9 Å². The van der Waals surface area contributed by atoms with Crippen LogP contribution in [0.2, 0.25) is 0 Å². The average Bonchev–Trinajstić information content (AvgIpc) is 3.49. The molecule has 3 aromatic rings. The maximum Gasteiger partial charge on any atom is 0.243 e. The molecular weight excluding hydrogens is 661 g/mol. The maximum atomic E-state index is 13.6. The number of nitrogens with one attached hydrogen (secondary N) is 2. The highest BCUT2D eigenvalue weighted by molar-refractivity contribution is 14.1. The molecule has 0 aromatic heterocycles. The number of rotatable bonds is 12. The van der Waals surface area contributed by atoms with Crippen molar-refractivity contribution in [3.63, 3.8) is 0 Å². The zero-order valence-corrected chi connectivity index (χ0v) is 25.8. The van der Waals surface area contributed by atoms with Crippen LogP contribution in [0.3, 0.4) is 0 Å². The number of primary amides is 1. The fraction of sp³-hybridized carbons (Fsp3) is 0.312. The summed E-state index contributed by atoms with van der Waals surface area (Å²) >= 11 is 2.17. The molecule has 4 rings (SSSR count). The van der Waals surface area contributed by atoms with Crippen LogP contribution in [0.15, 0.2) is 78.9 Å². The number of phenolic OH excluding ortho intramolecular Hbond substituents is 1. The van der Waals surface area contributed by atoms with Crippen molar-refractivity contribution < 1.29 is 24.3 Å². The zero-order valence-electron chi connectivity index (χ0n) is 23.6. The minimum absolute atomic E-state index is 0.117. The van der Waals surface area contributed by atoms with Gasteiger partial charge in [-0.15, -0.1) is 0 Å². The van der Waals surface area contributed by atoms with Gasteiger partial charge in [-0.05, 0) is 76.7 Å². The molecule has 1 aliphatic rings.